The Kier molecular flexibility index (Phi) is 4.63. The average Bonchev–Trinajstić information content (AvgIpc) is 2.34. The first kappa shape index (κ1) is 13.2. The molecule has 1 rings (SSSR count). The number of carbonyl (C=O) groups is 1. The number of aliphatic carboxylic acids is 1. The summed E-state index contributed by atoms with van der Waals surface area (Å²) in [5.74, 6) is 0.896. The minimum absolute atomic E-state index is 0.0268. The van der Waals surface area contributed by atoms with Gasteiger partial charge in [0.05, 0.1) is 21.3 Å². The monoisotopic (exact) mass is 240 g/mol. The summed E-state index contributed by atoms with van der Waals surface area (Å²) in [6.45, 7) is 0. The van der Waals surface area contributed by atoms with Crippen LogP contribution in [0, 0.1) is 0 Å². The summed E-state index contributed by atoms with van der Waals surface area (Å²) < 4.78 is 15.5. The van der Waals surface area contributed by atoms with Crippen LogP contribution in [-0.2, 0) is 11.2 Å². The number of rotatable bonds is 6. The van der Waals surface area contributed by atoms with Crippen LogP contribution in [0.5, 0.6) is 17.2 Å². The normalized spacial score (nSPS) is 9.82. The van der Waals surface area contributed by atoms with Gasteiger partial charge >= 0.3 is 5.97 Å². The summed E-state index contributed by atoms with van der Waals surface area (Å²) in [4.78, 5) is 10.6. The molecule has 0 aliphatic heterocycles. The highest BCUT2D eigenvalue weighted by molar-refractivity contribution is 5.67. The molecule has 5 nitrogen and oxygen atoms in total. The minimum Gasteiger partial charge on any atom is -0.496 e. The van der Waals surface area contributed by atoms with E-state index in [4.69, 9.17) is 19.3 Å². The Morgan fingerprint density at radius 3 is 2.00 bits per heavy atom. The van der Waals surface area contributed by atoms with Gasteiger partial charge in [-0.05, 0) is 6.42 Å². The number of benzene rings is 1. The smallest absolute Gasteiger partial charge is 0.303 e. The molecule has 0 aliphatic carbocycles. The molecule has 0 bridgehead atoms. The third-order valence-corrected chi connectivity index (χ3v) is 2.41. The quantitative estimate of drug-likeness (QED) is 0.820. The van der Waals surface area contributed by atoms with Gasteiger partial charge in [0.15, 0.2) is 0 Å². The minimum atomic E-state index is -0.857. The van der Waals surface area contributed by atoms with E-state index < -0.39 is 5.97 Å². The lowest BCUT2D eigenvalue weighted by Crippen LogP contribution is -2.02. The summed E-state index contributed by atoms with van der Waals surface area (Å²) in [7, 11) is 4.60. The molecule has 0 amide bonds. The van der Waals surface area contributed by atoms with Crippen molar-refractivity contribution in [3.05, 3.63) is 17.7 Å². The molecular formula is C12H16O5. The molecule has 0 spiro atoms. The van der Waals surface area contributed by atoms with Crippen LogP contribution in [0.4, 0.5) is 0 Å². The first-order chi connectivity index (χ1) is 8.12. The number of carboxylic acid groups (broad SMARTS) is 1. The van der Waals surface area contributed by atoms with Gasteiger partial charge in [-0.25, -0.2) is 0 Å². The highest BCUT2D eigenvalue weighted by atomic mass is 16.5. The van der Waals surface area contributed by atoms with Crippen molar-refractivity contribution in [2.24, 2.45) is 0 Å². The molecule has 5 heteroatoms. The highest BCUT2D eigenvalue weighted by Gasteiger charge is 2.14. The lowest BCUT2D eigenvalue weighted by atomic mass is 10.1. The maximum Gasteiger partial charge on any atom is 0.303 e. The Morgan fingerprint density at radius 1 is 1.12 bits per heavy atom. The van der Waals surface area contributed by atoms with Crippen molar-refractivity contribution >= 4 is 5.97 Å². The molecule has 0 atom stereocenters. The predicted octanol–water partition coefficient (Wildman–Crippen LogP) is 1.73. The molecule has 1 N–H and O–H groups in total. The second-order valence-electron chi connectivity index (χ2n) is 3.40. The van der Waals surface area contributed by atoms with Crippen LogP contribution in [0.3, 0.4) is 0 Å². The van der Waals surface area contributed by atoms with E-state index in [2.05, 4.69) is 0 Å². The van der Waals surface area contributed by atoms with E-state index >= 15 is 0 Å². The molecule has 1 aromatic rings. The van der Waals surface area contributed by atoms with Gasteiger partial charge < -0.3 is 19.3 Å². The summed E-state index contributed by atoms with van der Waals surface area (Å²) in [5.41, 5.74) is 0.734. The van der Waals surface area contributed by atoms with E-state index in [0.717, 1.165) is 5.56 Å². The molecule has 0 aromatic heterocycles. The summed E-state index contributed by atoms with van der Waals surface area (Å²) in [5, 5.41) is 8.70. The first-order valence-electron chi connectivity index (χ1n) is 5.13. The largest absolute Gasteiger partial charge is 0.496 e. The van der Waals surface area contributed by atoms with E-state index in [1.54, 1.807) is 19.2 Å². The van der Waals surface area contributed by atoms with Crippen LogP contribution >= 0.6 is 0 Å². The van der Waals surface area contributed by atoms with Crippen molar-refractivity contribution in [3.8, 4) is 17.2 Å². The molecule has 0 fully saturated rings. The van der Waals surface area contributed by atoms with Gasteiger partial charge in [0.2, 0.25) is 0 Å². The van der Waals surface area contributed by atoms with Gasteiger partial charge in [-0.1, -0.05) is 0 Å². The van der Waals surface area contributed by atoms with Crippen molar-refractivity contribution in [1.82, 2.24) is 0 Å². The Hall–Kier alpha value is -1.91. The number of methoxy groups -OCH3 is 3. The second-order valence-corrected chi connectivity index (χ2v) is 3.40. The van der Waals surface area contributed by atoms with E-state index in [9.17, 15) is 4.79 Å². The molecule has 0 saturated carbocycles. The van der Waals surface area contributed by atoms with Crippen LogP contribution in [0.2, 0.25) is 0 Å². The second kappa shape index (κ2) is 5.98. The zero-order valence-electron chi connectivity index (χ0n) is 10.1. The Bertz CT molecular complexity index is 375. The molecule has 0 radical (unpaired) electrons. The van der Waals surface area contributed by atoms with Crippen molar-refractivity contribution < 1.29 is 24.1 Å². The van der Waals surface area contributed by atoms with Gasteiger partial charge in [-0.2, -0.15) is 0 Å². The third-order valence-electron chi connectivity index (χ3n) is 2.41. The SMILES string of the molecule is COc1cc(OC)c(CCC(=O)O)c(OC)c1. The van der Waals surface area contributed by atoms with Gasteiger partial charge in [-0.3, -0.25) is 4.79 Å². The van der Waals surface area contributed by atoms with Crippen LogP contribution in [0.15, 0.2) is 12.1 Å². The number of hydrogen-bond donors (Lipinski definition) is 1. The number of carboxylic acids is 1. The molecule has 17 heavy (non-hydrogen) atoms. The molecule has 0 heterocycles. The van der Waals surface area contributed by atoms with Crippen LogP contribution in [0.1, 0.15) is 12.0 Å². The predicted molar refractivity (Wildman–Crippen MR) is 62.1 cm³/mol. The maximum absolute atomic E-state index is 10.6. The zero-order valence-corrected chi connectivity index (χ0v) is 10.1. The van der Waals surface area contributed by atoms with Crippen molar-refractivity contribution in [2.45, 2.75) is 12.8 Å². The number of ether oxygens (including phenoxy) is 3. The standard InChI is InChI=1S/C12H16O5/c1-15-8-6-10(16-2)9(4-5-12(13)14)11(7-8)17-3/h6-7H,4-5H2,1-3H3,(H,13,14). The summed E-state index contributed by atoms with van der Waals surface area (Å²) in [6, 6.07) is 3.42. The van der Waals surface area contributed by atoms with Crippen molar-refractivity contribution in [1.29, 1.82) is 0 Å². The summed E-state index contributed by atoms with van der Waals surface area (Å²) >= 11 is 0. The van der Waals surface area contributed by atoms with Gasteiger partial charge in [0, 0.05) is 24.1 Å². The van der Waals surface area contributed by atoms with E-state index in [-0.39, 0.29) is 6.42 Å². The van der Waals surface area contributed by atoms with E-state index in [0.29, 0.717) is 23.7 Å². The Morgan fingerprint density at radius 2 is 1.65 bits per heavy atom. The van der Waals surface area contributed by atoms with Crippen LogP contribution in [0.25, 0.3) is 0 Å². The van der Waals surface area contributed by atoms with Crippen molar-refractivity contribution in [3.63, 3.8) is 0 Å². The highest BCUT2D eigenvalue weighted by Crippen LogP contribution is 2.34. The number of hydrogen-bond acceptors (Lipinski definition) is 4. The molecule has 0 aliphatic rings. The van der Waals surface area contributed by atoms with Gasteiger partial charge in [0.25, 0.3) is 0 Å². The molecule has 1 aromatic carbocycles. The van der Waals surface area contributed by atoms with Crippen LogP contribution < -0.4 is 14.2 Å². The lowest BCUT2D eigenvalue weighted by molar-refractivity contribution is -0.136. The lowest BCUT2D eigenvalue weighted by Gasteiger charge is -2.14. The van der Waals surface area contributed by atoms with Crippen LogP contribution in [-0.4, -0.2) is 32.4 Å². The van der Waals surface area contributed by atoms with Gasteiger partial charge in [0.1, 0.15) is 17.2 Å². The third kappa shape index (κ3) is 3.27. The average molecular weight is 240 g/mol. The topological polar surface area (TPSA) is 65.0 Å². The molecular weight excluding hydrogens is 224 g/mol. The fraction of sp³-hybridized carbons (Fsp3) is 0.417. The fourth-order valence-corrected chi connectivity index (χ4v) is 1.56. The van der Waals surface area contributed by atoms with Gasteiger partial charge in [-0.15, -0.1) is 0 Å². The Labute approximate surface area is 99.9 Å². The Balaban J connectivity index is 3.10. The fourth-order valence-electron chi connectivity index (χ4n) is 1.56. The first-order valence-corrected chi connectivity index (χ1v) is 5.13. The molecule has 0 saturated heterocycles. The molecule has 0 unspecified atom stereocenters. The van der Waals surface area contributed by atoms with Crippen molar-refractivity contribution in [2.75, 3.05) is 21.3 Å². The maximum atomic E-state index is 10.6. The molecule has 94 valence electrons. The van der Waals surface area contributed by atoms with E-state index in [1.807, 2.05) is 0 Å². The zero-order chi connectivity index (χ0) is 12.8. The van der Waals surface area contributed by atoms with E-state index in [1.165, 1.54) is 14.2 Å². The summed E-state index contributed by atoms with van der Waals surface area (Å²) in [6.07, 6.45) is 0.380.